The van der Waals surface area contributed by atoms with Crippen LogP contribution in [-0.4, -0.2) is 33.7 Å². The normalized spacial score (nSPS) is 18.7. The molecule has 0 spiro atoms. The summed E-state index contributed by atoms with van der Waals surface area (Å²) in [4.78, 5) is 11.6. The van der Waals surface area contributed by atoms with Gasteiger partial charge in [0.05, 0.1) is 18.0 Å². The van der Waals surface area contributed by atoms with E-state index in [1.165, 1.54) is 0 Å². The highest BCUT2D eigenvalue weighted by molar-refractivity contribution is 5.78. The van der Waals surface area contributed by atoms with Gasteiger partial charge in [-0.1, -0.05) is 6.58 Å². The molecule has 3 aromatic heterocycles. The Hall–Kier alpha value is -3.20. The first kappa shape index (κ1) is 19.1. The summed E-state index contributed by atoms with van der Waals surface area (Å²) in [6.07, 6.45) is 9.35. The van der Waals surface area contributed by atoms with E-state index in [0.717, 1.165) is 58.8 Å². The first-order valence-electron chi connectivity index (χ1n) is 10.0. The molecule has 0 N–H and O–H groups in total. The van der Waals surface area contributed by atoms with Crippen LogP contribution >= 0.6 is 0 Å². The van der Waals surface area contributed by atoms with Crippen molar-refractivity contribution in [2.45, 2.75) is 38.5 Å². The number of nitrogens with zero attached hydrogens (tertiary/aromatic N) is 6. The van der Waals surface area contributed by atoms with E-state index < -0.39 is 0 Å². The second kappa shape index (κ2) is 7.67. The summed E-state index contributed by atoms with van der Waals surface area (Å²) >= 11 is 0. The van der Waals surface area contributed by atoms with Crippen molar-refractivity contribution in [1.82, 2.24) is 19.6 Å². The molecule has 6 heteroatoms. The second-order valence-electron chi connectivity index (χ2n) is 8.10. The Kier molecular flexibility index (Phi) is 5.06. The van der Waals surface area contributed by atoms with Gasteiger partial charge in [0.25, 0.3) is 0 Å². The fourth-order valence-electron chi connectivity index (χ4n) is 4.30. The van der Waals surface area contributed by atoms with Crippen molar-refractivity contribution in [3.8, 4) is 17.2 Å². The van der Waals surface area contributed by atoms with Gasteiger partial charge < -0.3 is 4.90 Å². The second-order valence-corrected chi connectivity index (χ2v) is 8.10. The Morgan fingerprint density at radius 3 is 2.83 bits per heavy atom. The largest absolute Gasteiger partial charge is 0.363 e. The molecule has 0 aliphatic heterocycles. The summed E-state index contributed by atoms with van der Waals surface area (Å²) < 4.78 is 1.90. The van der Waals surface area contributed by atoms with Crippen molar-refractivity contribution >= 4 is 17.5 Å². The zero-order chi connectivity index (χ0) is 20.5. The zero-order valence-corrected chi connectivity index (χ0v) is 17.3. The van der Waals surface area contributed by atoms with E-state index in [2.05, 4.69) is 39.8 Å². The molecule has 0 aromatic carbocycles. The van der Waals surface area contributed by atoms with Crippen molar-refractivity contribution in [2.24, 2.45) is 5.92 Å². The molecule has 3 heterocycles. The molecule has 0 saturated heterocycles. The van der Waals surface area contributed by atoms with Crippen LogP contribution in [0.25, 0.3) is 22.9 Å². The number of anilines is 1. The molecule has 1 aliphatic carbocycles. The smallest absolute Gasteiger partial charge is 0.165 e. The number of hydrogen-bond donors (Lipinski definition) is 0. The third-order valence-corrected chi connectivity index (χ3v) is 5.89. The molecule has 0 amide bonds. The molecule has 0 radical (unpaired) electrons. The lowest BCUT2D eigenvalue weighted by Gasteiger charge is -2.18. The van der Waals surface area contributed by atoms with E-state index in [4.69, 9.17) is 10.2 Å². The Balaban J connectivity index is 1.82. The number of pyridine rings is 1. The van der Waals surface area contributed by atoms with Crippen LogP contribution in [0.3, 0.4) is 0 Å². The number of aromatic nitrogens is 4. The van der Waals surface area contributed by atoms with E-state index >= 15 is 0 Å². The van der Waals surface area contributed by atoms with Crippen LogP contribution in [-0.2, 0) is 0 Å². The molecule has 1 fully saturated rings. The molecule has 2 atom stereocenters. The van der Waals surface area contributed by atoms with E-state index in [1.807, 2.05) is 37.9 Å². The number of rotatable bonds is 5. The molecule has 3 aromatic rings. The maximum atomic E-state index is 9.04. The van der Waals surface area contributed by atoms with Crippen molar-refractivity contribution in [3.05, 3.63) is 48.1 Å². The van der Waals surface area contributed by atoms with Gasteiger partial charge in [0.1, 0.15) is 5.82 Å². The van der Waals surface area contributed by atoms with Gasteiger partial charge in [0.15, 0.2) is 5.65 Å². The van der Waals surface area contributed by atoms with Crippen molar-refractivity contribution in [1.29, 1.82) is 5.26 Å². The number of hydrogen-bond acceptors (Lipinski definition) is 5. The van der Waals surface area contributed by atoms with Gasteiger partial charge in [-0.3, -0.25) is 4.98 Å². The van der Waals surface area contributed by atoms with Gasteiger partial charge in [-0.2, -0.15) is 14.9 Å². The van der Waals surface area contributed by atoms with Crippen molar-refractivity contribution in [3.63, 3.8) is 0 Å². The van der Waals surface area contributed by atoms with Crippen LogP contribution in [0.15, 0.2) is 31.1 Å². The summed E-state index contributed by atoms with van der Waals surface area (Å²) in [7, 11) is 4.05. The van der Waals surface area contributed by atoms with Crippen LogP contribution in [0.5, 0.6) is 0 Å². The third-order valence-electron chi connectivity index (χ3n) is 5.89. The maximum absolute atomic E-state index is 9.04. The third kappa shape index (κ3) is 3.49. The Morgan fingerprint density at radius 1 is 1.31 bits per heavy atom. The average molecular weight is 387 g/mol. The molecule has 1 aliphatic rings. The molecular weight excluding hydrogens is 360 g/mol. The highest BCUT2D eigenvalue weighted by Crippen LogP contribution is 2.40. The predicted octanol–water partition coefficient (Wildman–Crippen LogP) is 4.61. The molecular formula is C23H26N6. The first-order valence-corrected chi connectivity index (χ1v) is 10.0. The summed E-state index contributed by atoms with van der Waals surface area (Å²) in [5.41, 5.74) is 5.90. The maximum Gasteiger partial charge on any atom is 0.165 e. The molecule has 6 nitrogen and oxygen atoms in total. The van der Waals surface area contributed by atoms with E-state index in [0.29, 0.717) is 18.3 Å². The SMILES string of the molecule is C=Cc1ncc(-c2cnn3c(N(C)C)cc(C4CCC(CC#N)C4)nc23)cc1C. The van der Waals surface area contributed by atoms with Gasteiger partial charge in [0, 0.05) is 55.5 Å². The van der Waals surface area contributed by atoms with Gasteiger partial charge >= 0.3 is 0 Å². The molecule has 0 bridgehead atoms. The van der Waals surface area contributed by atoms with Crippen LogP contribution in [0, 0.1) is 24.2 Å². The minimum atomic E-state index is 0.391. The zero-order valence-electron chi connectivity index (χ0n) is 17.3. The minimum absolute atomic E-state index is 0.391. The Bertz CT molecular complexity index is 1100. The molecule has 4 rings (SSSR count). The van der Waals surface area contributed by atoms with Crippen molar-refractivity contribution < 1.29 is 0 Å². The summed E-state index contributed by atoms with van der Waals surface area (Å²) in [6, 6.07) is 6.59. The predicted molar refractivity (Wildman–Crippen MR) is 116 cm³/mol. The van der Waals surface area contributed by atoms with E-state index in [-0.39, 0.29) is 0 Å². The lowest BCUT2D eigenvalue weighted by molar-refractivity contribution is 0.549. The highest BCUT2D eigenvalue weighted by atomic mass is 15.3. The monoisotopic (exact) mass is 386 g/mol. The minimum Gasteiger partial charge on any atom is -0.363 e. The summed E-state index contributed by atoms with van der Waals surface area (Å²) in [5, 5.41) is 13.7. The topological polar surface area (TPSA) is 70.1 Å². The fourth-order valence-corrected chi connectivity index (χ4v) is 4.30. The number of nitriles is 1. The summed E-state index contributed by atoms with van der Waals surface area (Å²) in [6.45, 7) is 5.86. The molecule has 2 unspecified atom stereocenters. The fraction of sp³-hybridized carbons (Fsp3) is 0.391. The molecule has 148 valence electrons. The standard InChI is InChI=1S/C23H26N6/c1-5-20-15(2)10-18(13-25-20)19-14-26-29-22(28(3)4)12-21(27-23(19)29)17-7-6-16(11-17)8-9-24/h5,10,12-14,16-17H,1,6-8,11H2,2-4H3. The van der Waals surface area contributed by atoms with Crippen LogP contribution in [0.1, 0.15) is 48.6 Å². The Labute approximate surface area is 171 Å². The number of aryl methyl sites for hydroxylation is 1. The van der Waals surface area contributed by atoms with Gasteiger partial charge in [-0.15, -0.1) is 0 Å². The van der Waals surface area contributed by atoms with Gasteiger partial charge in [-0.05, 0) is 49.8 Å². The van der Waals surface area contributed by atoms with Gasteiger partial charge in [-0.25, -0.2) is 4.98 Å². The van der Waals surface area contributed by atoms with Gasteiger partial charge in [0.2, 0.25) is 0 Å². The molecule has 1 saturated carbocycles. The number of fused-ring (bicyclic) bond motifs is 1. The lowest BCUT2D eigenvalue weighted by Crippen LogP contribution is -2.15. The van der Waals surface area contributed by atoms with E-state index in [1.54, 1.807) is 6.08 Å². The quantitative estimate of drug-likeness (QED) is 0.640. The van der Waals surface area contributed by atoms with Crippen molar-refractivity contribution in [2.75, 3.05) is 19.0 Å². The van der Waals surface area contributed by atoms with Crippen LogP contribution in [0.2, 0.25) is 0 Å². The average Bonchev–Trinajstić information content (AvgIpc) is 3.34. The molecule has 29 heavy (non-hydrogen) atoms. The lowest BCUT2D eigenvalue weighted by atomic mass is 9.99. The van der Waals surface area contributed by atoms with Crippen LogP contribution in [0.4, 0.5) is 5.82 Å². The Morgan fingerprint density at radius 2 is 2.14 bits per heavy atom. The first-order chi connectivity index (χ1) is 14.0. The van der Waals surface area contributed by atoms with Crippen LogP contribution < -0.4 is 4.90 Å². The van der Waals surface area contributed by atoms with E-state index in [9.17, 15) is 0 Å². The highest BCUT2D eigenvalue weighted by Gasteiger charge is 2.28. The summed E-state index contributed by atoms with van der Waals surface area (Å²) in [5.74, 6) is 1.88.